The number of allylic oxidation sites excluding steroid dienone is 12. The summed E-state index contributed by atoms with van der Waals surface area (Å²) in [7, 11) is -4.29. The lowest BCUT2D eigenvalue weighted by Gasteiger charge is -2.20. The molecule has 8 nitrogen and oxygen atoms in total. The zero-order valence-electron chi connectivity index (χ0n) is 40.8. The minimum absolute atomic E-state index is 0.0961. The summed E-state index contributed by atoms with van der Waals surface area (Å²) in [4.78, 5) is 22.6. The molecule has 2 unspecified atom stereocenters. The summed E-state index contributed by atoms with van der Waals surface area (Å²) in [6.45, 7) is 4.81. The molecule has 0 spiro atoms. The molecule has 0 saturated carbocycles. The number of hydrogen-bond acceptors (Lipinski definition) is 7. The number of nitrogens with two attached hydrogens (primary N) is 1. The molecule has 0 aromatic rings. The van der Waals surface area contributed by atoms with Gasteiger partial charge in [-0.05, 0) is 83.5 Å². The lowest BCUT2D eigenvalue weighted by Crippen LogP contribution is -2.28. The Morgan fingerprint density at radius 2 is 0.889 bits per heavy atom. The second-order valence-corrected chi connectivity index (χ2v) is 18.5. The maximum Gasteiger partial charge on any atom is 0.472 e. The average Bonchev–Trinajstić information content (AvgIpc) is 3.28. The summed E-state index contributed by atoms with van der Waals surface area (Å²) in [5.41, 5.74) is 5.39. The van der Waals surface area contributed by atoms with Crippen LogP contribution in [0.2, 0.25) is 0 Å². The highest BCUT2D eigenvalue weighted by Gasteiger charge is 2.25. The molecule has 0 aromatic carbocycles. The summed E-state index contributed by atoms with van der Waals surface area (Å²) in [6.07, 6.45) is 65.0. The van der Waals surface area contributed by atoms with Gasteiger partial charge in [-0.25, -0.2) is 4.57 Å². The van der Waals surface area contributed by atoms with Crippen LogP contribution in [0.3, 0.4) is 0 Å². The number of phosphoric ester groups is 1. The summed E-state index contributed by atoms with van der Waals surface area (Å²) in [5.74, 6) is -0.338. The lowest BCUT2D eigenvalue weighted by molar-refractivity contribution is -0.154. The van der Waals surface area contributed by atoms with Crippen molar-refractivity contribution in [2.75, 3.05) is 33.0 Å². The predicted octanol–water partition coefficient (Wildman–Crippen LogP) is 16.3. The normalized spacial score (nSPS) is 13.9. The van der Waals surface area contributed by atoms with Crippen LogP contribution < -0.4 is 5.73 Å². The number of hydrogen-bond donors (Lipinski definition) is 2. The fourth-order valence-electron chi connectivity index (χ4n) is 7.08. The molecular formula is C54H98NO7P. The molecule has 366 valence electrons. The van der Waals surface area contributed by atoms with Gasteiger partial charge >= 0.3 is 13.8 Å². The molecule has 0 aliphatic rings. The van der Waals surface area contributed by atoms with Gasteiger partial charge in [0.05, 0.1) is 19.8 Å². The Kier molecular flexibility index (Phi) is 49.3. The molecule has 0 aliphatic heterocycles. The third-order valence-corrected chi connectivity index (χ3v) is 11.8. The Labute approximate surface area is 388 Å². The van der Waals surface area contributed by atoms with Gasteiger partial charge in [0.2, 0.25) is 0 Å². The van der Waals surface area contributed by atoms with Crippen LogP contribution in [0, 0.1) is 0 Å². The van der Waals surface area contributed by atoms with Crippen LogP contribution in [0.15, 0.2) is 72.9 Å². The highest BCUT2D eigenvalue weighted by Crippen LogP contribution is 2.43. The molecule has 0 aromatic heterocycles. The number of esters is 1. The number of carbonyl (C=O) groups is 1. The van der Waals surface area contributed by atoms with E-state index in [9.17, 15) is 14.3 Å². The Hall–Kier alpha value is -2.06. The predicted molar refractivity (Wildman–Crippen MR) is 270 cm³/mol. The van der Waals surface area contributed by atoms with E-state index < -0.39 is 13.9 Å². The SMILES string of the molecule is CC/C=C\C/C=C\C/C=C\C/C=C\C/C=C\CCCCCCCCCCCC(=O)OC(COCCCCCCCCCC/C=C\CCCCCCCCC)COP(=O)(O)OCCN. The van der Waals surface area contributed by atoms with Crippen LogP contribution >= 0.6 is 7.82 Å². The Balaban J connectivity index is 3.97. The molecule has 0 fully saturated rings. The van der Waals surface area contributed by atoms with Crippen molar-refractivity contribution in [3.63, 3.8) is 0 Å². The Bertz CT molecular complexity index is 1200. The summed E-state index contributed by atoms with van der Waals surface area (Å²) >= 11 is 0. The highest BCUT2D eigenvalue weighted by molar-refractivity contribution is 7.47. The quantitative estimate of drug-likeness (QED) is 0.0268. The van der Waals surface area contributed by atoms with Crippen LogP contribution in [0.5, 0.6) is 0 Å². The zero-order valence-corrected chi connectivity index (χ0v) is 41.7. The van der Waals surface area contributed by atoms with Crippen LogP contribution in [0.4, 0.5) is 0 Å². The van der Waals surface area contributed by atoms with E-state index in [1.54, 1.807) is 0 Å². The van der Waals surface area contributed by atoms with Gasteiger partial charge in [-0.2, -0.15) is 0 Å². The van der Waals surface area contributed by atoms with E-state index in [2.05, 4.69) is 86.8 Å². The van der Waals surface area contributed by atoms with Gasteiger partial charge in [0.15, 0.2) is 0 Å². The van der Waals surface area contributed by atoms with E-state index in [1.165, 1.54) is 135 Å². The molecule has 63 heavy (non-hydrogen) atoms. The van der Waals surface area contributed by atoms with E-state index >= 15 is 0 Å². The molecule has 9 heteroatoms. The molecular weight excluding hydrogens is 806 g/mol. The maximum absolute atomic E-state index is 12.7. The van der Waals surface area contributed by atoms with Crippen LogP contribution in [0.25, 0.3) is 0 Å². The lowest BCUT2D eigenvalue weighted by atomic mass is 10.1. The standard InChI is InChI=1S/C54H98NO7P/c1-3-5-7-9-11-13-15-17-19-21-23-24-25-26-27-28-29-31-33-35-37-39-41-43-45-47-54(56)62-53(52-61-63(57,58)60-50-48-55)51-59-49-46-44-42-40-38-36-34-32-30-22-20-18-16-14-12-10-8-6-4-2/h5,7,11,13,17,19-20,22-24,26-27,53H,3-4,6,8-10,12,14-16,18,21,25,28-52,55H2,1-2H3,(H,57,58)/b7-5-,13-11-,19-17-,22-20-,24-23-,27-26-. The first-order valence-electron chi connectivity index (χ1n) is 25.9. The van der Waals surface area contributed by atoms with Gasteiger partial charge < -0.3 is 20.1 Å². The first-order chi connectivity index (χ1) is 30.9. The molecule has 0 amide bonds. The Morgan fingerprint density at radius 3 is 1.35 bits per heavy atom. The molecule has 0 heterocycles. The first-order valence-corrected chi connectivity index (χ1v) is 27.4. The second-order valence-electron chi connectivity index (χ2n) is 17.0. The van der Waals surface area contributed by atoms with Crippen LogP contribution in [-0.2, 0) is 27.9 Å². The second kappa shape index (κ2) is 50.9. The van der Waals surface area contributed by atoms with E-state index in [0.29, 0.717) is 13.0 Å². The van der Waals surface area contributed by atoms with Crippen LogP contribution in [0.1, 0.15) is 226 Å². The molecule has 0 radical (unpaired) electrons. The van der Waals surface area contributed by atoms with Gasteiger partial charge in [0, 0.05) is 19.6 Å². The fraction of sp³-hybridized carbons (Fsp3) is 0.759. The van der Waals surface area contributed by atoms with E-state index in [1.807, 2.05) is 0 Å². The minimum atomic E-state index is -4.29. The van der Waals surface area contributed by atoms with Gasteiger partial charge in [-0.3, -0.25) is 13.8 Å². The number of ether oxygens (including phenoxy) is 2. The largest absolute Gasteiger partial charge is 0.472 e. The number of carbonyl (C=O) groups excluding carboxylic acids is 1. The molecule has 0 rings (SSSR count). The van der Waals surface area contributed by atoms with Crippen molar-refractivity contribution in [2.24, 2.45) is 5.73 Å². The van der Waals surface area contributed by atoms with Gasteiger partial charge in [-0.1, -0.05) is 209 Å². The third-order valence-electron chi connectivity index (χ3n) is 10.9. The first kappa shape index (κ1) is 60.9. The number of unbranched alkanes of at least 4 members (excludes halogenated alkanes) is 24. The topological polar surface area (TPSA) is 117 Å². The molecule has 0 saturated heterocycles. The van der Waals surface area contributed by atoms with Crippen molar-refractivity contribution in [1.82, 2.24) is 0 Å². The fourth-order valence-corrected chi connectivity index (χ4v) is 7.84. The number of phosphoric acid groups is 1. The van der Waals surface area contributed by atoms with Crippen molar-refractivity contribution in [3.8, 4) is 0 Å². The van der Waals surface area contributed by atoms with Gasteiger partial charge in [0.1, 0.15) is 6.10 Å². The van der Waals surface area contributed by atoms with E-state index in [4.69, 9.17) is 24.3 Å². The average molecular weight is 904 g/mol. The van der Waals surface area contributed by atoms with Crippen molar-refractivity contribution >= 4 is 13.8 Å². The summed E-state index contributed by atoms with van der Waals surface area (Å²) in [5, 5.41) is 0. The smallest absolute Gasteiger partial charge is 0.457 e. The zero-order chi connectivity index (χ0) is 45.8. The van der Waals surface area contributed by atoms with E-state index in [-0.39, 0.29) is 32.3 Å². The minimum Gasteiger partial charge on any atom is -0.457 e. The van der Waals surface area contributed by atoms with Crippen molar-refractivity contribution in [3.05, 3.63) is 72.9 Å². The van der Waals surface area contributed by atoms with E-state index in [0.717, 1.165) is 70.6 Å². The summed E-state index contributed by atoms with van der Waals surface area (Å²) in [6, 6.07) is 0. The monoisotopic (exact) mass is 904 g/mol. The highest BCUT2D eigenvalue weighted by atomic mass is 31.2. The van der Waals surface area contributed by atoms with Crippen molar-refractivity contribution in [1.29, 1.82) is 0 Å². The number of rotatable bonds is 49. The Morgan fingerprint density at radius 1 is 0.492 bits per heavy atom. The maximum atomic E-state index is 12.7. The summed E-state index contributed by atoms with van der Waals surface area (Å²) < 4.78 is 33.6. The molecule has 0 bridgehead atoms. The molecule has 0 aliphatic carbocycles. The van der Waals surface area contributed by atoms with Gasteiger partial charge in [-0.15, -0.1) is 0 Å². The molecule has 2 atom stereocenters. The third kappa shape index (κ3) is 50.8. The van der Waals surface area contributed by atoms with Crippen molar-refractivity contribution in [2.45, 2.75) is 232 Å². The van der Waals surface area contributed by atoms with Crippen molar-refractivity contribution < 1.29 is 32.8 Å². The van der Waals surface area contributed by atoms with Gasteiger partial charge in [0.25, 0.3) is 0 Å². The van der Waals surface area contributed by atoms with Crippen LogP contribution in [-0.4, -0.2) is 49.9 Å². The molecule has 3 N–H and O–H groups in total.